The minimum atomic E-state index is -0.730. The summed E-state index contributed by atoms with van der Waals surface area (Å²) in [6.45, 7) is 11.9. The molecule has 13 heteroatoms. The number of amides is 2. The van der Waals surface area contributed by atoms with Crippen molar-refractivity contribution in [2.45, 2.75) is 83.3 Å². The number of benzene rings is 1. The Hall–Kier alpha value is -5.17. The molecule has 1 saturated carbocycles. The fraction of sp³-hybridized carbons (Fsp3) is 0.450. The first-order valence-electron chi connectivity index (χ1n) is 18.7. The van der Waals surface area contributed by atoms with Gasteiger partial charge in [0.15, 0.2) is 18.0 Å². The molecule has 2 amide bonds. The van der Waals surface area contributed by atoms with E-state index in [1.54, 1.807) is 23.5 Å². The second-order valence-electron chi connectivity index (χ2n) is 16.3. The van der Waals surface area contributed by atoms with Gasteiger partial charge >= 0.3 is 0 Å². The molecule has 0 unspecified atom stereocenters. The molecule has 1 aromatic carbocycles. The Morgan fingerprint density at radius 3 is 2.53 bits per heavy atom. The molecule has 4 aromatic heterocycles. The average molecular weight is 718 g/mol. The van der Waals surface area contributed by atoms with Gasteiger partial charge in [0.1, 0.15) is 5.52 Å². The number of hydrogen-bond acceptors (Lipinski definition) is 9. The summed E-state index contributed by atoms with van der Waals surface area (Å²) in [6, 6.07) is 10.4. The maximum Gasteiger partial charge on any atom is 0.291 e. The standard InChI is InChI=1S/C40H44FN9O3/c1-24(2)49-22-44-32-18-31(46-36(35(32)49)45-30-7-11-42-19-29(30)41)25-5-6-28-33(15-25)50(27-16-26(17-27)48-12-8-39(3,4)21-48)38(52)40(28)9-13-47(14-10-40)37(51)34-20-43-23-53-34/h5-7,11,15,18-20,22-24,26-27H,8-10,12-14,16-17,21H2,1-4H3,(H,42,45,46)/t26-,27+. The number of likely N-dealkylation sites (tertiary alicyclic amines) is 2. The number of nitrogens with zero attached hydrogens (tertiary/aromatic N) is 8. The van der Waals surface area contributed by atoms with Crippen LogP contribution in [0.5, 0.6) is 0 Å². The van der Waals surface area contributed by atoms with Crippen molar-refractivity contribution in [2.24, 2.45) is 5.41 Å². The number of piperidine rings is 1. The predicted molar refractivity (Wildman–Crippen MR) is 198 cm³/mol. The number of rotatable bonds is 7. The Balaban J connectivity index is 1.09. The Morgan fingerprint density at radius 1 is 1.02 bits per heavy atom. The monoisotopic (exact) mass is 717 g/mol. The lowest BCUT2D eigenvalue weighted by molar-refractivity contribution is -0.125. The zero-order valence-electron chi connectivity index (χ0n) is 30.5. The maximum absolute atomic E-state index is 14.9. The number of imidazole rings is 1. The highest BCUT2D eigenvalue weighted by molar-refractivity contribution is 6.09. The van der Waals surface area contributed by atoms with Crippen molar-refractivity contribution in [2.75, 3.05) is 36.4 Å². The first-order valence-corrected chi connectivity index (χ1v) is 18.7. The van der Waals surface area contributed by atoms with Crippen molar-refractivity contribution in [3.8, 4) is 11.3 Å². The van der Waals surface area contributed by atoms with Gasteiger partial charge in [0.05, 0.1) is 41.0 Å². The van der Waals surface area contributed by atoms with Crippen LogP contribution in [0, 0.1) is 11.2 Å². The molecule has 5 aromatic rings. The van der Waals surface area contributed by atoms with Crippen LogP contribution in [-0.4, -0.2) is 84.4 Å². The van der Waals surface area contributed by atoms with E-state index in [4.69, 9.17) is 14.4 Å². The van der Waals surface area contributed by atoms with Crippen molar-refractivity contribution in [1.29, 1.82) is 0 Å². The first-order chi connectivity index (χ1) is 25.5. The number of halogens is 1. The topological polar surface area (TPSA) is 126 Å². The Labute approximate surface area is 307 Å². The SMILES string of the molecule is CC(C)n1cnc2cc(-c3ccc4c(c3)N([C@H]3C[C@@H](N5CCC(C)(C)C5)C3)C(=O)C43CCN(C(=O)c4cnco4)CC3)nc(Nc3ccncc3F)c21. The van der Waals surface area contributed by atoms with Crippen LogP contribution in [0.15, 0.2) is 66.1 Å². The molecule has 274 valence electrons. The zero-order chi connectivity index (χ0) is 36.6. The fourth-order valence-corrected chi connectivity index (χ4v) is 8.99. The van der Waals surface area contributed by atoms with E-state index in [9.17, 15) is 14.0 Å². The third kappa shape index (κ3) is 5.58. The lowest BCUT2D eigenvalue weighted by Crippen LogP contribution is -2.57. The van der Waals surface area contributed by atoms with E-state index in [-0.39, 0.29) is 35.3 Å². The number of carbonyl (C=O) groups excluding carboxylic acids is 2. The molecule has 1 N–H and O–H groups in total. The molecule has 0 radical (unpaired) electrons. The van der Waals surface area contributed by atoms with Crippen molar-refractivity contribution >= 4 is 40.0 Å². The van der Waals surface area contributed by atoms with Crippen LogP contribution < -0.4 is 10.2 Å². The number of pyridine rings is 2. The van der Waals surface area contributed by atoms with E-state index >= 15 is 0 Å². The lowest BCUT2D eigenvalue weighted by atomic mass is 9.73. The molecule has 9 rings (SSSR count). The summed E-state index contributed by atoms with van der Waals surface area (Å²) in [5.74, 6) is 0.127. The number of oxazole rings is 1. The van der Waals surface area contributed by atoms with E-state index in [0.29, 0.717) is 48.9 Å². The van der Waals surface area contributed by atoms with Crippen LogP contribution in [0.2, 0.25) is 0 Å². The fourth-order valence-electron chi connectivity index (χ4n) is 8.99. The number of hydrogen-bond donors (Lipinski definition) is 1. The van der Waals surface area contributed by atoms with Gasteiger partial charge in [-0.2, -0.15) is 0 Å². The van der Waals surface area contributed by atoms with E-state index in [1.807, 2.05) is 16.7 Å². The summed E-state index contributed by atoms with van der Waals surface area (Å²) in [5, 5.41) is 3.22. The van der Waals surface area contributed by atoms with Gasteiger partial charge in [0, 0.05) is 55.2 Å². The number of carbonyl (C=O) groups is 2. The number of nitrogens with one attached hydrogen (secondary N) is 1. The molecule has 1 spiro atoms. The molecule has 12 nitrogen and oxygen atoms in total. The van der Waals surface area contributed by atoms with Gasteiger partial charge in [-0.1, -0.05) is 26.0 Å². The highest BCUT2D eigenvalue weighted by Crippen LogP contribution is 2.52. The molecule has 1 aliphatic carbocycles. The molecular formula is C40H44FN9O3. The minimum absolute atomic E-state index is 0.0857. The van der Waals surface area contributed by atoms with Gasteiger partial charge in [-0.3, -0.25) is 19.5 Å². The molecule has 2 saturated heterocycles. The summed E-state index contributed by atoms with van der Waals surface area (Å²) >= 11 is 0. The second kappa shape index (κ2) is 12.5. The molecule has 53 heavy (non-hydrogen) atoms. The van der Waals surface area contributed by atoms with Gasteiger partial charge in [0.25, 0.3) is 5.91 Å². The second-order valence-corrected chi connectivity index (χ2v) is 16.3. The van der Waals surface area contributed by atoms with Crippen LogP contribution in [-0.2, 0) is 10.2 Å². The van der Waals surface area contributed by atoms with Crippen LogP contribution >= 0.6 is 0 Å². The van der Waals surface area contributed by atoms with Crippen molar-refractivity contribution in [1.82, 2.24) is 34.3 Å². The molecule has 0 atom stereocenters. The van der Waals surface area contributed by atoms with Crippen molar-refractivity contribution in [3.63, 3.8) is 0 Å². The molecule has 4 aliphatic rings. The van der Waals surface area contributed by atoms with E-state index in [0.717, 1.165) is 53.8 Å². The normalized spacial score (nSPS) is 22.2. The van der Waals surface area contributed by atoms with Crippen LogP contribution in [0.3, 0.4) is 0 Å². The van der Waals surface area contributed by atoms with Crippen molar-refractivity contribution < 1.29 is 18.4 Å². The third-order valence-corrected chi connectivity index (χ3v) is 12.1. The Bertz CT molecular complexity index is 2220. The predicted octanol–water partition coefficient (Wildman–Crippen LogP) is 6.73. The number of fused-ring (bicyclic) bond motifs is 3. The van der Waals surface area contributed by atoms with Crippen LogP contribution in [0.25, 0.3) is 22.3 Å². The van der Waals surface area contributed by atoms with E-state index in [2.05, 4.69) is 64.9 Å². The smallest absolute Gasteiger partial charge is 0.291 e. The molecule has 0 bridgehead atoms. The summed E-state index contributed by atoms with van der Waals surface area (Å²) < 4.78 is 22.2. The van der Waals surface area contributed by atoms with Gasteiger partial charge in [-0.15, -0.1) is 0 Å². The Morgan fingerprint density at radius 2 is 1.83 bits per heavy atom. The van der Waals surface area contributed by atoms with Crippen LogP contribution in [0.4, 0.5) is 21.6 Å². The molecule has 3 fully saturated rings. The zero-order valence-corrected chi connectivity index (χ0v) is 30.5. The lowest BCUT2D eigenvalue weighted by Gasteiger charge is -2.46. The molecular weight excluding hydrogens is 673 g/mol. The van der Waals surface area contributed by atoms with Gasteiger partial charge in [0.2, 0.25) is 11.7 Å². The summed E-state index contributed by atoms with van der Waals surface area (Å²) in [5.41, 5.74) is 4.77. The number of anilines is 3. The summed E-state index contributed by atoms with van der Waals surface area (Å²) in [7, 11) is 0. The van der Waals surface area contributed by atoms with Crippen LogP contribution in [0.1, 0.15) is 82.0 Å². The first kappa shape index (κ1) is 33.7. The minimum Gasteiger partial charge on any atom is -0.438 e. The Kier molecular flexibility index (Phi) is 7.91. The van der Waals surface area contributed by atoms with Gasteiger partial charge in [-0.25, -0.2) is 19.3 Å². The highest BCUT2D eigenvalue weighted by atomic mass is 19.1. The third-order valence-electron chi connectivity index (χ3n) is 12.1. The van der Waals surface area contributed by atoms with Gasteiger partial charge < -0.3 is 24.1 Å². The van der Waals surface area contributed by atoms with E-state index in [1.165, 1.54) is 25.2 Å². The summed E-state index contributed by atoms with van der Waals surface area (Å²) in [6.07, 6.45) is 11.3. The summed E-state index contributed by atoms with van der Waals surface area (Å²) in [4.78, 5) is 52.1. The molecule has 7 heterocycles. The maximum atomic E-state index is 14.9. The largest absolute Gasteiger partial charge is 0.438 e. The van der Waals surface area contributed by atoms with Crippen molar-refractivity contribution in [3.05, 3.63) is 78.8 Å². The van der Waals surface area contributed by atoms with E-state index < -0.39 is 11.2 Å². The highest BCUT2D eigenvalue weighted by Gasteiger charge is 2.56. The quantitative estimate of drug-likeness (QED) is 0.195. The molecule has 3 aliphatic heterocycles. The van der Waals surface area contributed by atoms with Gasteiger partial charge in [-0.05, 0) is 81.7 Å². The average Bonchev–Trinajstić information content (AvgIpc) is 3.93. The number of aromatic nitrogens is 5.